The zero-order valence-electron chi connectivity index (χ0n) is 11.7. The molecule has 0 saturated carbocycles. The van der Waals surface area contributed by atoms with Crippen LogP contribution in [0, 0.1) is 5.92 Å². The predicted molar refractivity (Wildman–Crippen MR) is 83.5 cm³/mol. The molecule has 22 heavy (non-hydrogen) atoms. The molecule has 0 spiro atoms. The second-order valence-corrected chi connectivity index (χ2v) is 5.71. The van der Waals surface area contributed by atoms with E-state index < -0.39 is 24.3 Å². The van der Waals surface area contributed by atoms with Gasteiger partial charge in [0.2, 0.25) is 5.91 Å². The van der Waals surface area contributed by atoms with Gasteiger partial charge in [-0.2, -0.15) is 5.10 Å². The van der Waals surface area contributed by atoms with E-state index in [2.05, 4.69) is 26.3 Å². The molecule has 0 bridgehead atoms. The largest absolute Gasteiger partial charge is 0.480 e. The normalized spacial score (nSPS) is 17.4. The minimum Gasteiger partial charge on any atom is -0.480 e. The average molecular weight is 368 g/mol. The van der Waals surface area contributed by atoms with Gasteiger partial charge in [-0.05, 0) is 25.1 Å². The van der Waals surface area contributed by atoms with Gasteiger partial charge in [-0.3, -0.25) is 14.4 Å². The van der Waals surface area contributed by atoms with Crippen LogP contribution in [0.1, 0.15) is 13.3 Å². The minimum absolute atomic E-state index is 0.119. The van der Waals surface area contributed by atoms with Crippen molar-refractivity contribution in [3.05, 3.63) is 28.7 Å². The molecular formula is C14H14BrN3O4. The van der Waals surface area contributed by atoms with E-state index >= 15 is 0 Å². The fourth-order valence-electron chi connectivity index (χ4n) is 2.06. The summed E-state index contributed by atoms with van der Waals surface area (Å²) in [5.74, 6) is -2.60. The van der Waals surface area contributed by atoms with Crippen LogP contribution in [0.15, 0.2) is 33.8 Å². The Balaban J connectivity index is 2.07. The van der Waals surface area contributed by atoms with E-state index in [1.807, 2.05) is 6.07 Å². The minimum atomic E-state index is -1.13. The number of carbonyl (C=O) groups excluding carboxylic acids is 2. The molecule has 0 fully saturated rings. The summed E-state index contributed by atoms with van der Waals surface area (Å²) in [7, 11) is 0. The van der Waals surface area contributed by atoms with Crippen molar-refractivity contribution in [3.63, 3.8) is 0 Å². The first-order valence-electron chi connectivity index (χ1n) is 6.51. The summed E-state index contributed by atoms with van der Waals surface area (Å²) in [5, 5.41) is 16.2. The molecule has 2 rings (SSSR count). The molecule has 1 atom stereocenters. The maximum atomic E-state index is 12.4. The number of carbonyl (C=O) groups is 3. The van der Waals surface area contributed by atoms with Gasteiger partial charge < -0.3 is 10.4 Å². The van der Waals surface area contributed by atoms with Crippen LogP contribution in [0.4, 0.5) is 5.69 Å². The van der Waals surface area contributed by atoms with Crippen LogP contribution in [0.3, 0.4) is 0 Å². The predicted octanol–water partition coefficient (Wildman–Crippen LogP) is 1.38. The van der Waals surface area contributed by atoms with Crippen LogP contribution in [0.2, 0.25) is 0 Å². The Kier molecular flexibility index (Phi) is 4.92. The molecular weight excluding hydrogens is 354 g/mol. The first-order valence-corrected chi connectivity index (χ1v) is 7.31. The molecule has 2 N–H and O–H groups in total. The van der Waals surface area contributed by atoms with Crippen LogP contribution in [0.25, 0.3) is 0 Å². The van der Waals surface area contributed by atoms with Gasteiger partial charge in [-0.1, -0.05) is 22.0 Å². The van der Waals surface area contributed by atoms with E-state index in [0.717, 1.165) is 4.47 Å². The average Bonchev–Trinajstić information content (AvgIpc) is 2.73. The number of nitrogens with zero attached hydrogens (tertiary/aromatic N) is 2. The van der Waals surface area contributed by atoms with Gasteiger partial charge in [0.15, 0.2) is 0 Å². The molecule has 1 aliphatic heterocycles. The summed E-state index contributed by atoms with van der Waals surface area (Å²) >= 11 is 3.33. The summed E-state index contributed by atoms with van der Waals surface area (Å²) in [4.78, 5) is 34.5. The van der Waals surface area contributed by atoms with E-state index in [9.17, 15) is 14.4 Å². The number of carboxylic acids is 1. The third-order valence-corrected chi connectivity index (χ3v) is 3.64. The van der Waals surface area contributed by atoms with Gasteiger partial charge in [0.1, 0.15) is 6.54 Å². The Labute approximate surface area is 135 Å². The molecule has 8 heteroatoms. The third kappa shape index (κ3) is 3.70. The molecule has 2 amide bonds. The Bertz CT molecular complexity index is 659. The van der Waals surface area contributed by atoms with Crippen molar-refractivity contribution in [1.82, 2.24) is 5.32 Å². The number of halogens is 1. The first kappa shape index (κ1) is 16.2. The summed E-state index contributed by atoms with van der Waals surface area (Å²) in [6, 6.07) is 7.11. The third-order valence-electron chi connectivity index (χ3n) is 3.15. The fraction of sp³-hybridized carbons (Fsp3) is 0.286. The van der Waals surface area contributed by atoms with Crippen LogP contribution in [-0.2, 0) is 14.4 Å². The van der Waals surface area contributed by atoms with Gasteiger partial charge in [-0.25, -0.2) is 5.01 Å². The molecule has 1 heterocycles. The zero-order valence-corrected chi connectivity index (χ0v) is 13.3. The van der Waals surface area contributed by atoms with Crippen molar-refractivity contribution >= 4 is 45.1 Å². The Morgan fingerprint density at radius 2 is 2.18 bits per heavy atom. The maximum Gasteiger partial charge on any atom is 0.322 e. The molecule has 1 aliphatic rings. The van der Waals surface area contributed by atoms with E-state index in [1.54, 1.807) is 25.1 Å². The molecule has 0 saturated heterocycles. The van der Waals surface area contributed by atoms with Crippen LogP contribution in [0.5, 0.6) is 0 Å². The molecule has 1 aromatic rings. The van der Waals surface area contributed by atoms with Crippen molar-refractivity contribution in [1.29, 1.82) is 0 Å². The molecule has 1 aromatic carbocycles. The number of anilines is 1. The quantitative estimate of drug-likeness (QED) is 0.820. The Morgan fingerprint density at radius 3 is 2.82 bits per heavy atom. The van der Waals surface area contributed by atoms with E-state index in [0.29, 0.717) is 11.4 Å². The molecule has 0 aliphatic carbocycles. The van der Waals surface area contributed by atoms with Crippen molar-refractivity contribution in [2.45, 2.75) is 13.3 Å². The number of amides is 2. The molecule has 116 valence electrons. The van der Waals surface area contributed by atoms with Crippen LogP contribution in [-0.4, -0.2) is 35.1 Å². The number of benzene rings is 1. The van der Waals surface area contributed by atoms with Crippen molar-refractivity contribution in [2.75, 3.05) is 11.6 Å². The number of hydrogen-bond acceptors (Lipinski definition) is 4. The van der Waals surface area contributed by atoms with E-state index in [4.69, 9.17) is 5.11 Å². The van der Waals surface area contributed by atoms with Gasteiger partial charge in [0.05, 0.1) is 11.6 Å². The highest BCUT2D eigenvalue weighted by Gasteiger charge is 2.35. The lowest BCUT2D eigenvalue weighted by Gasteiger charge is -2.14. The number of hydrazone groups is 1. The molecule has 0 radical (unpaired) electrons. The number of nitrogens with one attached hydrogen (secondary N) is 1. The number of rotatable bonds is 5. The number of hydrogen-bond donors (Lipinski definition) is 2. The highest BCUT2D eigenvalue weighted by atomic mass is 79.9. The summed E-state index contributed by atoms with van der Waals surface area (Å²) in [6.45, 7) is 1.20. The fourth-order valence-corrected chi connectivity index (χ4v) is 2.45. The van der Waals surface area contributed by atoms with Crippen LogP contribution >= 0.6 is 15.9 Å². The van der Waals surface area contributed by atoms with Crippen molar-refractivity contribution < 1.29 is 19.5 Å². The van der Waals surface area contributed by atoms with Crippen molar-refractivity contribution in [2.24, 2.45) is 11.0 Å². The lowest BCUT2D eigenvalue weighted by Crippen LogP contribution is -2.35. The molecule has 0 aromatic heterocycles. The SMILES string of the molecule is CC1=NN(c2cccc(Br)c2)C(=O)C1CC(=O)NCC(=O)O. The highest BCUT2D eigenvalue weighted by molar-refractivity contribution is 9.10. The highest BCUT2D eigenvalue weighted by Crippen LogP contribution is 2.27. The lowest BCUT2D eigenvalue weighted by atomic mass is 10.00. The summed E-state index contributed by atoms with van der Waals surface area (Å²) in [6.07, 6.45) is -0.119. The van der Waals surface area contributed by atoms with E-state index in [-0.39, 0.29) is 12.3 Å². The topological polar surface area (TPSA) is 99.1 Å². The Morgan fingerprint density at radius 1 is 1.45 bits per heavy atom. The summed E-state index contributed by atoms with van der Waals surface area (Å²) in [5.41, 5.74) is 1.13. The van der Waals surface area contributed by atoms with Gasteiger partial charge >= 0.3 is 5.97 Å². The van der Waals surface area contributed by atoms with Crippen LogP contribution < -0.4 is 10.3 Å². The zero-order chi connectivity index (χ0) is 16.3. The number of carboxylic acid groups (broad SMARTS) is 1. The maximum absolute atomic E-state index is 12.4. The second kappa shape index (κ2) is 6.69. The lowest BCUT2D eigenvalue weighted by molar-refractivity contribution is -0.138. The van der Waals surface area contributed by atoms with Gasteiger partial charge in [0.25, 0.3) is 5.91 Å². The number of aliphatic carboxylic acids is 1. The van der Waals surface area contributed by atoms with Gasteiger partial charge in [0, 0.05) is 16.6 Å². The Hall–Kier alpha value is -2.22. The molecule has 1 unspecified atom stereocenters. The smallest absolute Gasteiger partial charge is 0.322 e. The van der Waals surface area contributed by atoms with Crippen molar-refractivity contribution in [3.8, 4) is 0 Å². The second-order valence-electron chi connectivity index (χ2n) is 4.80. The van der Waals surface area contributed by atoms with Gasteiger partial charge in [-0.15, -0.1) is 0 Å². The summed E-state index contributed by atoms with van der Waals surface area (Å²) < 4.78 is 0.813. The van der Waals surface area contributed by atoms with E-state index in [1.165, 1.54) is 5.01 Å². The molecule has 7 nitrogen and oxygen atoms in total. The monoisotopic (exact) mass is 367 g/mol. The standard InChI is InChI=1S/C14H14BrN3O4/c1-8-11(6-12(19)16-7-13(20)21)14(22)18(17-8)10-4-2-3-9(15)5-10/h2-5,11H,6-7H2,1H3,(H,16,19)(H,20,21). The first-order chi connectivity index (χ1) is 10.4.